The highest BCUT2D eigenvalue weighted by molar-refractivity contribution is 6.00. The largest absolute Gasteiger partial charge is 0.342 e. The molecule has 2 atom stereocenters. The monoisotopic (exact) mass is 294 g/mol. The van der Waals surface area contributed by atoms with Crippen LogP contribution in [0.25, 0.3) is 0 Å². The molecule has 0 aromatic carbocycles. The van der Waals surface area contributed by atoms with Crippen LogP contribution in [0.4, 0.5) is 0 Å². The van der Waals surface area contributed by atoms with Gasteiger partial charge < -0.3 is 10.2 Å². The maximum atomic E-state index is 13.0. The van der Waals surface area contributed by atoms with E-state index in [2.05, 4.69) is 33.0 Å². The number of hydrogen-bond donors (Lipinski definition) is 1. The second kappa shape index (κ2) is 6.37. The summed E-state index contributed by atoms with van der Waals surface area (Å²) in [7, 11) is 0. The molecule has 0 aromatic rings. The van der Waals surface area contributed by atoms with E-state index < -0.39 is 5.54 Å². The average molecular weight is 294 g/mol. The van der Waals surface area contributed by atoms with Gasteiger partial charge in [0.2, 0.25) is 11.8 Å². The Bertz CT molecular complexity index is 400. The molecule has 1 saturated heterocycles. The van der Waals surface area contributed by atoms with Gasteiger partial charge in [0.25, 0.3) is 0 Å². The Kier molecular flexibility index (Phi) is 4.95. The lowest BCUT2D eigenvalue weighted by molar-refractivity contribution is -0.162. The van der Waals surface area contributed by atoms with Crippen LogP contribution in [-0.2, 0) is 9.59 Å². The second-order valence-corrected chi connectivity index (χ2v) is 7.27. The fourth-order valence-corrected chi connectivity index (χ4v) is 3.72. The molecular weight excluding hydrogens is 264 g/mol. The maximum absolute atomic E-state index is 13.0. The van der Waals surface area contributed by atoms with Gasteiger partial charge >= 0.3 is 0 Å². The van der Waals surface area contributed by atoms with Crippen molar-refractivity contribution >= 4 is 11.8 Å². The lowest BCUT2D eigenvalue weighted by Gasteiger charge is -2.51. The summed E-state index contributed by atoms with van der Waals surface area (Å²) in [5.74, 6) is 0.806. The molecule has 2 rings (SSSR count). The van der Waals surface area contributed by atoms with Crippen molar-refractivity contribution < 1.29 is 9.59 Å². The van der Waals surface area contributed by atoms with Crippen molar-refractivity contribution in [2.45, 2.75) is 77.8 Å². The summed E-state index contributed by atoms with van der Waals surface area (Å²) in [5, 5.41) is 3.05. The first-order valence-electron chi connectivity index (χ1n) is 8.55. The van der Waals surface area contributed by atoms with Gasteiger partial charge in [0.15, 0.2) is 0 Å². The van der Waals surface area contributed by atoms with Crippen molar-refractivity contribution in [2.24, 2.45) is 11.8 Å². The zero-order valence-corrected chi connectivity index (χ0v) is 13.9. The van der Waals surface area contributed by atoms with Gasteiger partial charge in [-0.05, 0) is 24.7 Å². The Hall–Kier alpha value is -1.06. The molecule has 21 heavy (non-hydrogen) atoms. The maximum Gasteiger partial charge on any atom is 0.246 e. The van der Waals surface area contributed by atoms with Gasteiger partial charge in [0.05, 0.1) is 0 Å². The van der Waals surface area contributed by atoms with Gasteiger partial charge in [-0.1, -0.05) is 53.4 Å². The Morgan fingerprint density at radius 1 is 1.19 bits per heavy atom. The van der Waals surface area contributed by atoms with Crippen LogP contribution in [0.5, 0.6) is 0 Å². The summed E-state index contributed by atoms with van der Waals surface area (Å²) in [6.45, 7) is 9.06. The molecule has 1 aliphatic carbocycles. The zero-order chi connectivity index (χ0) is 15.6. The molecule has 0 aromatic heterocycles. The number of nitrogens with one attached hydrogen (secondary N) is 1. The first-order chi connectivity index (χ1) is 9.92. The number of rotatable bonds is 4. The first-order valence-corrected chi connectivity index (χ1v) is 8.55. The van der Waals surface area contributed by atoms with Crippen LogP contribution < -0.4 is 5.32 Å². The standard InChI is InChI=1S/C17H30N2O2/c1-5-13(4)14-15(20)19(11-12(2)3)17(16(21)18-14)9-7-6-8-10-17/h12-14H,5-11H2,1-4H3,(H,18,21). The van der Waals surface area contributed by atoms with E-state index in [9.17, 15) is 9.59 Å². The van der Waals surface area contributed by atoms with Gasteiger partial charge in [-0.25, -0.2) is 0 Å². The van der Waals surface area contributed by atoms with Crippen molar-refractivity contribution in [1.82, 2.24) is 10.2 Å². The van der Waals surface area contributed by atoms with E-state index in [-0.39, 0.29) is 23.8 Å². The molecule has 1 N–H and O–H groups in total. The van der Waals surface area contributed by atoms with Crippen LogP contribution in [0.15, 0.2) is 0 Å². The smallest absolute Gasteiger partial charge is 0.246 e. The molecular formula is C17H30N2O2. The van der Waals surface area contributed by atoms with Crippen LogP contribution in [0.1, 0.15) is 66.2 Å². The molecule has 2 unspecified atom stereocenters. The molecule has 1 saturated carbocycles. The first kappa shape index (κ1) is 16.3. The summed E-state index contributed by atoms with van der Waals surface area (Å²) in [5.41, 5.74) is -0.566. The van der Waals surface area contributed by atoms with E-state index in [0.717, 1.165) is 32.1 Å². The quantitative estimate of drug-likeness (QED) is 0.866. The third-order valence-electron chi connectivity index (χ3n) is 5.20. The second-order valence-electron chi connectivity index (χ2n) is 7.27. The van der Waals surface area contributed by atoms with Crippen LogP contribution in [0, 0.1) is 11.8 Å². The average Bonchev–Trinajstić information content (AvgIpc) is 2.47. The number of nitrogens with zero attached hydrogens (tertiary/aromatic N) is 1. The minimum Gasteiger partial charge on any atom is -0.342 e. The van der Waals surface area contributed by atoms with Crippen LogP contribution >= 0.6 is 0 Å². The van der Waals surface area contributed by atoms with E-state index in [1.807, 2.05) is 4.90 Å². The number of hydrogen-bond acceptors (Lipinski definition) is 2. The minimum atomic E-state index is -0.566. The fraction of sp³-hybridized carbons (Fsp3) is 0.882. The molecule has 120 valence electrons. The number of amides is 2. The number of carbonyl (C=O) groups excluding carboxylic acids is 2. The molecule has 2 aliphatic rings. The molecule has 0 bridgehead atoms. The lowest BCUT2D eigenvalue weighted by atomic mass is 9.76. The molecule has 4 heteroatoms. The molecule has 1 spiro atoms. The van der Waals surface area contributed by atoms with Gasteiger partial charge in [-0.2, -0.15) is 0 Å². The zero-order valence-electron chi connectivity index (χ0n) is 13.9. The summed E-state index contributed by atoms with van der Waals surface area (Å²) < 4.78 is 0. The van der Waals surface area contributed by atoms with E-state index in [1.54, 1.807) is 0 Å². The molecule has 0 radical (unpaired) electrons. The highest BCUT2D eigenvalue weighted by atomic mass is 16.2. The van der Waals surface area contributed by atoms with Gasteiger partial charge in [-0.15, -0.1) is 0 Å². The Balaban J connectivity index is 2.32. The third-order valence-corrected chi connectivity index (χ3v) is 5.20. The van der Waals surface area contributed by atoms with Crippen molar-refractivity contribution in [1.29, 1.82) is 0 Å². The Labute approximate surface area is 128 Å². The van der Waals surface area contributed by atoms with Crippen molar-refractivity contribution in [3.8, 4) is 0 Å². The molecule has 1 aliphatic heterocycles. The van der Waals surface area contributed by atoms with Crippen molar-refractivity contribution in [2.75, 3.05) is 6.54 Å². The molecule has 4 nitrogen and oxygen atoms in total. The highest BCUT2D eigenvalue weighted by Gasteiger charge is 2.53. The highest BCUT2D eigenvalue weighted by Crippen LogP contribution is 2.38. The van der Waals surface area contributed by atoms with Gasteiger partial charge in [0, 0.05) is 6.54 Å². The van der Waals surface area contributed by atoms with Crippen LogP contribution in [0.3, 0.4) is 0 Å². The molecule has 2 amide bonds. The molecule has 2 fully saturated rings. The van der Waals surface area contributed by atoms with Gasteiger partial charge in [-0.3, -0.25) is 9.59 Å². The Morgan fingerprint density at radius 3 is 2.33 bits per heavy atom. The topological polar surface area (TPSA) is 49.4 Å². The summed E-state index contributed by atoms with van der Waals surface area (Å²) in [4.78, 5) is 27.8. The minimum absolute atomic E-state index is 0.0905. The SMILES string of the molecule is CCC(C)C1NC(=O)C2(CCCCC2)N(CC(C)C)C1=O. The predicted octanol–water partition coefficient (Wildman–Crippen LogP) is 2.72. The summed E-state index contributed by atoms with van der Waals surface area (Å²) in [6.07, 6.45) is 5.81. The summed E-state index contributed by atoms with van der Waals surface area (Å²) in [6, 6.07) is -0.339. The third kappa shape index (κ3) is 2.95. The van der Waals surface area contributed by atoms with Crippen molar-refractivity contribution in [3.05, 3.63) is 0 Å². The number of piperazine rings is 1. The molecule has 1 heterocycles. The lowest BCUT2D eigenvalue weighted by Crippen LogP contribution is -2.72. The Morgan fingerprint density at radius 2 is 1.81 bits per heavy atom. The fourth-order valence-electron chi connectivity index (χ4n) is 3.72. The van der Waals surface area contributed by atoms with E-state index in [0.29, 0.717) is 12.5 Å². The predicted molar refractivity (Wildman–Crippen MR) is 83.8 cm³/mol. The number of carbonyl (C=O) groups is 2. The van der Waals surface area contributed by atoms with E-state index in [1.165, 1.54) is 6.42 Å². The van der Waals surface area contributed by atoms with E-state index in [4.69, 9.17) is 0 Å². The normalized spacial score (nSPS) is 27.1. The van der Waals surface area contributed by atoms with Crippen LogP contribution in [-0.4, -0.2) is 34.8 Å². The van der Waals surface area contributed by atoms with Crippen LogP contribution in [0.2, 0.25) is 0 Å². The summed E-state index contributed by atoms with van der Waals surface area (Å²) >= 11 is 0. The van der Waals surface area contributed by atoms with Crippen molar-refractivity contribution in [3.63, 3.8) is 0 Å². The van der Waals surface area contributed by atoms with Gasteiger partial charge in [0.1, 0.15) is 11.6 Å². The van der Waals surface area contributed by atoms with E-state index >= 15 is 0 Å².